The minimum absolute atomic E-state index is 0.241. The smallest absolute Gasteiger partial charge is 0.226 e. The molecule has 1 saturated carbocycles. The highest BCUT2D eigenvalue weighted by Crippen LogP contribution is 2.37. The molecule has 3 N–H and O–H groups in total. The van der Waals surface area contributed by atoms with Crippen LogP contribution in [0.4, 0.5) is 23.3 Å². The average Bonchev–Trinajstić information content (AvgIpc) is 3.34. The molecule has 0 amide bonds. The van der Waals surface area contributed by atoms with Crippen molar-refractivity contribution in [2.75, 3.05) is 55.0 Å². The summed E-state index contributed by atoms with van der Waals surface area (Å²) in [7, 11) is 0. The number of aliphatic hydroxyl groups is 1. The first-order valence-corrected chi connectivity index (χ1v) is 13.6. The number of anilines is 3. The van der Waals surface area contributed by atoms with Crippen LogP contribution in [0.5, 0.6) is 0 Å². The van der Waals surface area contributed by atoms with Crippen LogP contribution < -0.4 is 15.5 Å². The van der Waals surface area contributed by atoms with Gasteiger partial charge in [-0.25, -0.2) is 0 Å². The van der Waals surface area contributed by atoms with Crippen molar-refractivity contribution in [3.05, 3.63) is 29.8 Å². The topological polar surface area (TPSA) is 94.9 Å². The number of para-hydroxylation sites is 1. The molecule has 1 aromatic carbocycles. The summed E-state index contributed by atoms with van der Waals surface area (Å²) < 4.78 is 5.49. The van der Waals surface area contributed by atoms with E-state index in [1.165, 1.54) is 0 Å². The normalized spacial score (nSPS) is 17.4. The molecule has 0 saturated heterocycles. The maximum Gasteiger partial charge on any atom is 0.226 e. The van der Waals surface area contributed by atoms with Gasteiger partial charge in [0.25, 0.3) is 0 Å². The van der Waals surface area contributed by atoms with Crippen molar-refractivity contribution in [3.63, 3.8) is 0 Å². The number of hydrogen-bond acceptors (Lipinski definition) is 9. The van der Waals surface area contributed by atoms with Crippen LogP contribution in [0.25, 0.3) is 0 Å². The summed E-state index contributed by atoms with van der Waals surface area (Å²) in [5.74, 6) is 3.47. The Morgan fingerprint density at radius 1 is 1.20 bits per heavy atom. The number of rotatable bonds is 15. The van der Waals surface area contributed by atoms with Gasteiger partial charge in [0.2, 0.25) is 5.95 Å². The molecule has 2 unspecified atom stereocenters. The number of hydrogen-bond donors (Lipinski definition) is 3. The zero-order valence-corrected chi connectivity index (χ0v) is 22.1. The lowest BCUT2D eigenvalue weighted by atomic mass is 10.1. The van der Waals surface area contributed by atoms with Crippen LogP contribution in [0.1, 0.15) is 45.6 Å². The average molecular weight is 501 g/mol. The Balaban J connectivity index is 1.95. The highest BCUT2D eigenvalue weighted by atomic mass is 32.2. The van der Waals surface area contributed by atoms with Gasteiger partial charge < -0.3 is 25.4 Å². The molecule has 2 atom stereocenters. The Kier molecular flexibility index (Phi) is 11.1. The van der Waals surface area contributed by atoms with Crippen molar-refractivity contribution >= 4 is 41.8 Å². The van der Waals surface area contributed by atoms with Crippen LogP contribution in [0.2, 0.25) is 0 Å². The SMILES string of the molecule is C=Nc1ccccc1SCc1c(NC2CCC(CO)C2)nc(NCCOCC)nc1N(CC)CC. The first kappa shape index (κ1) is 27.2. The fourth-order valence-corrected chi connectivity index (χ4v) is 5.41. The summed E-state index contributed by atoms with van der Waals surface area (Å²) in [5, 5.41) is 16.7. The van der Waals surface area contributed by atoms with Gasteiger partial charge in [-0.15, -0.1) is 11.8 Å². The summed E-state index contributed by atoms with van der Waals surface area (Å²) in [6.45, 7) is 13.9. The van der Waals surface area contributed by atoms with E-state index in [2.05, 4.69) is 47.2 Å². The molecule has 2 aromatic rings. The van der Waals surface area contributed by atoms with E-state index in [9.17, 15) is 5.11 Å². The minimum Gasteiger partial charge on any atom is -0.396 e. The molecule has 192 valence electrons. The number of nitrogens with zero attached hydrogens (tertiary/aromatic N) is 4. The predicted molar refractivity (Wildman–Crippen MR) is 148 cm³/mol. The largest absolute Gasteiger partial charge is 0.396 e. The first-order chi connectivity index (χ1) is 17.1. The molecule has 0 spiro atoms. The third kappa shape index (κ3) is 7.56. The van der Waals surface area contributed by atoms with Crippen LogP contribution >= 0.6 is 11.8 Å². The third-order valence-electron chi connectivity index (χ3n) is 6.33. The van der Waals surface area contributed by atoms with Gasteiger partial charge in [0.05, 0.1) is 12.3 Å². The number of aliphatic imine (C=N–C) groups is 1. The number of aliphatic hydroxyl groups excluding tert-OH is 1. The van der Waals surface area contributed by atoms with Crippen LogP contribution in [0.3, 0.4) is 0 Å². The summed E-state index contributed by atoms with van der Waals surface area (Å²) in [6.07, 6.45) is 3.01. The molecule has 0 radical (unpaired) electrons. The molecule has 8 nitrogen and oxygen atoms in total. The highest BCUT2D eigenvalue weighted by molar-refractivity contribution is 7.98. The Labute approximate surface area is 214 Å². The molecule has 1 heterocycles. The van der Waals surface area contributed by atoms with Crippen molar-refractivity contribution in [2.45, 2.75) is 56.7 Å². The molecule has 35 heavy (non-hydrogen) atoms. The standard InChI is InChI=1S/C26H40N6O2S/c1-5-32(6-2)25-21(18-35-23-11-9-8-10-22(23)27-4)24(29-20-13-12-19(16-20)17-33)30-26(31-25)28-14-15-34-7-3/h8-11,19-20,33H,4-7,12-18H2,1-3H3,(H2,28,29,30,31). The molecule has 1 aliphatic carbocycles. The van der Waals surface area contributed by atoms with E-state index in [0.29, 0.717) is 37.4 Å². The number of benzene rings is 1. The fraction of sp³-hybridized carbons (Fsp3) is 0.577. The zero-order chi connectivity index (χ0) is 25.0. The van der Waals surface area contributed by atoms with E-state index in [1.54, 1.807) is 11.8 Å². The van der Waals surface area contributed by atoms with Gasteiger partial charge in [0.15, 0.2) is 0 Å². The number of ether oxygens (including phenoxy) is 1. The van der Waals surface area contributed by atoms with E-state index in [0.717, 1.165) is 60.1 Å². The second-order valence-electron chi connectivity index (χ2n) is 8.61. The molecule has 9 heteroatoms. The maximum atomic E-state index is 9.63. The van der Waals surface area contributed by atoms with Crippen molar-refractivity contribution in [2.24, 2.45) is 10.9 Å². The van der Waals surface area contributed by atoms with Gasteiger partial charge in [-0.2, -0.15) is 9.97 Å². The molecular formula is C26H40N6O2S. The molecule has 0 aliphatic heterocycles. The van der Waals surface area contributed by atoms with E-state index in [-0.39, 0.29) is 12.6 Å². The quantitative estimate of drug-likeness (QED) is 0.179. The molecule has 1 aromatic heterocycles. The zero-order valence-electron chi connectivity index (χ0n) is 21.3. The number of thioether (sulfide) groups is 1. The number of nitrogens with one attached hydrogen (secondary N) is 2. The van der Waals surface area contributed by atoms with Crippen molar-refractivity contribution in [3.8, 4) is 0 Å². The minimum atomic E-state index is 0.241. The fourth-order valence-electron chi connectivity index (χ4n) is 4.39. The summed E-state index contributed by atoms with van der Waals surface area (Å²) in [6, 6.07) is 8.35. The van der Waals surface area contributed by atoms with Crippen LogP contribution in [0.15, 0.2) is 34.2 Å². The third-order valence-corrected chi connectivity index (χ3v) is 7.42. The highest BCUT2D eigenvalue weighted by Gasteiger charge is 2.27. The van der Waals surface area contributed by atoms with E-state index in [1.807, 2.05) is 25.1 Å². The molecule has 1 fully saturated rings. The molecule has 1 aliphatic rings. The Morgan fingerprint density at radius 3 is 2.69 bits per heavy atom. The maximum absolute atomic E-state index is 9.63. The second kappa shape index (κ2) is 14.3. The first-order valence-electron chi connectivity index (χ1n) is 12.7. The summed E-state index contributed by atoms with van der Waals surface area (Å²) in [4.78, 5) is 17.4. The van der Waals surface area contributed by atoms with Gasteiger partial charge in [0.1, 0.15) is 11.6 Å². The van der Waals surface area contributed by atoms with Crippen molar-refractivity contribution in [1.29, 1.82) is 0 Å². The molecular weight excluding hydrogens is 460 g/mol. The lowest BCUT2D eigenvalue weighted by Crippen LogP contribution is -2.27. The van der Waals surface area contributed by atoms with Crippen LogP contribution in [0, 0.1) is 5.92 Å². The summed E-state index contributed by atoms with van der Waals surface area (Å²) in [5.41, 5.74) is 1.97. The summed E-state index contributed by atoms with van der Waals surface area (Å²) >= 11 is 1.72. The lowest BCUT2D eigenvalue weighted by molar-refractivity contribution is 0.158. The van der Waals surface area contributed by atoms with Crippen molar-refractivity contribution < 1.29 is 9.84 Å². The van der Waals surface area contributed by atoms with Gasteiger partial charge in [-0.3, -0.25) is 4.99 Å². The van der Waals surface area contributed by atoms with Crippen molar-refractivity contribution in [1.82, 2.24) is 9.97 Å². The van der Waals surface area contributed by atoms with Crippen LogP contribution in [-0.2, 0) is 10.5 Å². The Bertz CT molecular complexity index is 940. The van der Waals surface area contributed by atoms with Crippen LogP contribution in [-0.4, -0.2) is 67.3 Å². The number of aromatic nitrogens is 2. The lowest BCUT2D eigenvalue weighted by Gasteiger charge is -2.26. The second-order valence-corrected chi connectivity index (χ2v) is 9.63. The van der Waals surface area contributed by atoms with E-state index >= 15 is 0 Å². The van der Waals surface area contributed by atoms with Gasteiger partial charge >= 0.3 is 0 Å². The van der Waals surface area contributed by atoms with Gasteiger partial charge in [-0.05, 0) is 64.8 Å². The predicted octanol–water partition coefficient (Wildman–Crippen LogP) is 4.97. The Morgan fingerprint density at radius 2 is 2.00 bits per heavy atom. The molecule has 3 rings (SSSR count). The monoisotopic (exact) mass is 500 g/mol. The van der Waals surface area contributed by atoms with Gasteiger partial charge in [0, 0.05) is 55.1 Å². The Hall–Kier alpha value is -2.36. The van der Waals surface area contributed by atoms with Gasteiger partial charge in [-0.1, -0.05) is 12.1 Å². The van der Waals surface area contributed by atoms with E-state index in [4.69, 9.17) is 14.7 Å². The molecule has 0 bridgehead atoms. The van der Waals surface area contributed by atoms with E-state index < -0.39 is 0 Å².